The highest BCUT2D eigenvalue weighted by atomic mass is 19.4. The predicted molar refractivity (Wildman–Crippen MR) is 96.5 cm³/mol. The largest absolute Gasteiger partial charge is 0.451 e. The molecule has 1 fully saturated rings. The Labute approximate surface area is 160 Å². The van der Waals surface area contributed by atoms with Crippen molar-refractivity contribution < 1.29 is 27.2 Å². The normalized spacial score (nSPS) is 15.5. The van der Waals surface area contributed by atoms with Crippen LogP contribution in [0.5, 0.6) is 0 Å². The third kappa shape index (κ3) is 4.74. The van der Waals surface area contributed by atoms with Crippen molar-refractivity contribution >= 4 is 11.8 Å². The molecule has 1 N–H and O–H groups in total. The Morgan fingerprint density at radius 1 is 1.18 bits per heavy atom. The first kappa shape index (κ1) is 20.0. The molecule has 150 valence electrons. The quantitative estimate of drug-likeness (QED) is 0.854. The Hall–Kier alpha value is -2.77. The van der Waals surface area contributed by atoms with Crippen molar-refractivity contribution in [2.24, 2.45) is 5.92 Å². The van der Waals surface area contributed by atoms with E-state index >= 15 is 0 Å². The van der Waals surface area contributed by atoms with E-state index in [0.717, 1.165) is 25.0 Å². The summed E-state index contributed by atoms with van der Waals surface area (Å²) in [5.74, 6) is 0.292. The van der Waals surface area contributed by atoms with Crippen molar-refractivity contribution in [3.8, 4) is 11.3 Å². The molecule has 0 atom stereocenters. The maximum absolute atomic E-state index is 12.9. The first-order valence-electron chi connectivity index (χ1n) is 9.05. The van der Waals surface area contributed by atoms with E-state index in [-0.39, 0.29) is 28.9 Å². The van der Waals surface area contributed by atoms with E-state index in [4.69, 9.17) is 4.42 Å². The van der Waals surface area contributed by atoms with Crippen LogP contribution in [0, 0.1) is 5.92 Å². The van der Waals surface area contributed by atoms with Crippen molar-refractivity contribution in [1.82, 2.24) is 10.2 Å². The second-order valence-electron chi connectivity index (χ2n) is 6.92. The van der Waals surface area contributed by atoms with Crippen LogP contribution in [0.15, 0.2) is 40.8 Å². The molecule has 1 aliphatic rings. The van der Waals surface area contributed by atoms with E-state index < -0.39 is 11.7 Å². The summed E-state index contributed by atoms with van der Waals surface area (Å²) >= 11 is 0. The standard InChI is InChI=1S/C20H21F3N2O3/c1-13(26)24-12-14-7-9-25(10-8-14)19(27)18-6-5-17(28-18)15-3-2-4-16(11-15)20(21,22)23/h2-6,11,14H,7-10,12H2,1H3,(H,24,26). The topological polar surface area (TPSA) is 62.6 Å². The third-order valence-electron chi connectivity index (χ3n) is 4.83. The first-order chi connectivity index (χ1) is 13.2. The molecule has 2 heterocycles. The second-order valence-corrected chi connectivity index (χ2v) is 6.92. The number of hydrogen-bond donors (Lipinski definition) is 1. The zero-order valence-corrected chi connectivity index (χ0v) is 15.4. The molecule has 0 saturated carbocycles. The lowest BCUT2D eigenvalue weighted by molar-refractivity contribution is -0.137. The summed E-state index contributed by atoms with van der Waals surface area (Å²) in [6.45, 7) is 3.15. The van der Waals surface area contributed by atoms with Gasteiger partial charge >= 0.3 is 6.18 Å². The summed E-state index contributed by atoms with van der Waals surface area (Å²) < 4.78 is 44.2. The zero-order chi connectivity index (χ0) is 20.3. The van der Waals surface area contributed by atoms with Crippen LogP contribution in [0.25, 0.3) is 11.3 Å². The van der Waals surface area contributed by atoms with Gasteiger partial charge in [0, 0.05) is 32.1 Å². The molecule has 8 heteroatoms. The van der Waals surface area contributed by atoms with Crippen LogP contribution in [0.3, 0.4) is 0 Å². The van der Waals surface area contributed by atoms with Crippen molar-refractivity contribution in [3.05, 3.63) is 47.7 Å². The lowest BCUT2D eigenvalue weighted by Gasteiger charge is -2.31. The Kier molecular flexibility index (Phi) is 5.76. The van der Waals surface area contributed by atoms with Crippen molar-refractivity contribution in [1.29, 1.82) is 0 Å². The smallest absolute Gasteiger partial charge is 0.416 e. The fourth-order valence-corrected chi connectivity index (χ4v) is 3.24. The lowest BCUT2D eigenvalue weighted by atomic mass is 9.96. The molecule has 1 aromatic carbocycles. The van der Waals surface area contributed by atoms with Crippen LogP contribution >= 0.6 is 0 Å². The molecule has 28 heavy (non-hydrogen) atoms. The van der Waals surface area contributed by atoms with E-state index in [1.807, 2.05) is 0 Å². The minimum Gasteiger partial charge on any atom is -0.451 e. The van der Waals surface area contributed by atoms with Crippen molar-refractivity contribution in [2.45, 2.75) is 25.9 Å². The van der Waals surface area contributed by atoms with E-state index in [0.29, 0.717) is 25.6 Å². The van der Waals surface area contributed by atoms with E-state index in [2.05, 4.69) is 5.32 Å². The van der Waals surface area contributed by atoms with Crippen LogP contribution in [0.4, 0.5) is 13.2 Å². The zero-order valence-electron chi connectivity index (χ0n) is 15.4. The van der Waals surface area contributed by atoms with Gasteiger partial charge in [-0.15, -0.1) is 0 Å². The number of hydrogen-bond acceptors (Lipinski definition) is 3. The molecule has 1 aromatic heterocycles. The molecule has 3 rings (SSSR count). The summed E-state index contributed by atoms with van der Waals surface area (Å²) in [5.41, 5.74) is -0.501. The maximum Gasteiger partial charge on any atom is 0.416 e. The van der Waals surface area contributed by atoms with Crippen LogP contribution in [-0.2, 0) is 11.0 Å². The van der Waals surface area contributed by atoms with E-state index in [9.17, 15) is 22.8 Å². The number of rotatable bonds is 4. The molecule has 0 radical (unpaired) electrons. The molecule has 0 unspecified atom stereocenters. The number of alkyl halides is 3. The Balaban J connectivity index is 1.64. The van der Waals surface area contributed by atoms with Gasteiger partial charge in [0.15, 0.2) is 5.76 Å². The van der Waals surface area contributed by atoms with E-state index in [1.165, 1.54) is 31.2 Å². The molecule has 2 amide bonds. The first-order valence-corrected chi connectivity index (χ1v) is 9.05. The summed E-state index contributed by atoms with van der Waals surface area (Å²) in [6, 6.07) is 7.80. The number of benzene rings is 1. The predicted octanol–water partition coefficient (Wildman–Crippen LogP) is 3.95. The SMILES string of the molecule is CC(=O)NCC1CCN(C(=O)c2ccc(-c3cccc(C(F)(F)F)c3)o2)CC1. The second kappa shape index (κ2) is 8.08. The molecule has 1 aliphatic heterocycles. The maximum atomic E-state index is 12.9. The van der Waals surface area contributed by atoms with Gasteiger partial charge in [-0.2, -0.15) is 13.2 Å². The number of piperidine rings is 1. The van der Waals surface area contributed by atoms with Gasteiger partial charge in [0.1, 0.15) is 5.76 Å². The fourth-order valence-electron chi connectivity index (χ4n) is 3.24. The van der Waals surface area contributed by atoms with Gasteiger partial charge in [-0.25, -0.2) is 0 Å². The monoisotopic (exact) mass is 394 g/mol. The number of likely N-dealkylation sites (tertiary alicyclic amines) is 1. The molecule has 2 aromatic rings. The summed E-state index contributed by atoms with van der Waals surface area (Å²) in [4.78, 5) is 25.3. The molecule has 5 nitrogen and oxygen atoms in total. The number of carbonyl (C=O) groups is 2. The number of nitrogens with zero attached hydrogens (tertiary/aromatic N) is 1. The summed E-state index contributed by atoms with van der Waals surface area (Å²) in [6.07, 6.45) is -2.90. The molecule has 1 saturated heterocycles. The summed E-state index contributed by atoms with van der Waals surface area (Å²) in [5, 5.41) is 2.79. The Morgan fingerprint density at radius 3 is 2.54 bits per heavy atom. The van der Waals surface area contributed by atoms with Gasteiger partial charge in [-0.3, -0.25) is 9.59 Å². The van der Waals surface area contributed by atoms with Gasteiger partial charge in [-0.1, -0.05) is 12.1 Å². The number of carbonyl (C=O) groups excluding carboxylic acids is 2. The van der Waals surface area contributed by atoms with Crippen molar-refractivity contribution in [2.75, 3.05) is 19.6 Å². The summed E-state index contributed by atoms with van der Waals surface area (Å²) in [7, 11) is 0. The van der Waals surface area contributed by atoms with Crippen LogP contribution < -0.4 is 5.32 Å². The molecule has 0 spiro atoms. The van der Waals surface area contributed by atoms with Gasteiger partial charge < -0.3 is 14.6 Å². The highest BCUT2D eigenvalue weighted by Crippen LogP contribution is 2.33. The Morgan fingerprint density at radius 2 is 1.89 bits per heavy atom. The van der Waals surface area contributed by atoms with Crippen LogP contribution in [-0.4, -0.2) is 36.3 Å². The minimum absolute atomic E-state index is 0.0730. The van der Waals surface area contributed by atoms with Crippen molar-refractivity contribution in [3.63, 3.8) is 0 Å². The minimum atomic E-state index is -4.44. The van der Waals surface area contributed by atoms with Crippen LogP contribution in [0.2, 0.25) is 0 Å². The molecular weight excluding hydrogens is 373 g/mol. The molecule has 0 bridgehead atoms. The molecular formula is C20H21F3N2O3. The van der Waals surface area contributed by atoms with Gasteiger partial charge in [0.25, 0.3) is 5.91 Å². The average molecular weight is 394 g/mol. The number of halogens is 3. The highest BCUT2D eigenvalue weighted by molar-refractivity contribution is 5.92. The number of furan rings is 1. The lowest BCUT2D eigenvalue weighted by Crippen LogP contribution is -2.41. The Bertz CT molecular complexity index is 852. The van der Waals surface area contributed by atoms with Gasteiger partial charge in [0.05, 0.1) is 5.56 Å². The van der Waals surface area contributed by atoms with E-state index in [1.54, 1.807) is 4.90 Å². The number of amides is 2. The van der Waals surface area contributed by atoms with Gasteiger partial charge in [0.2, 0.25) is 5.91 Å². The third-order valence-corrected chi connectivity index (χ3v) is 4.83. The average Bonchev–Trinajstić information content (AvgIpc) is 3.16. The molecule has 0 aliphatic carbocycles. The number of nitrogens with one attached hydrogen (secondary N) is 1. The fraction of sp³-hybridized carbons (Fsp3) is 0.400. The van der Waals surface area contributed by atoms with Gasteiger partial charge in [-0.05, 0) is 43.0 Å². The highest BCUT2D eigenvalue weighted by Gasteiger charge is 2.31. The van der Waals surface area contributed by atoms with Crippen LogP contribution in [0.1, 0.15) is 35.9 Å².